The summed E-state index contributed by atoms with van der Waals surface area (Å²) in [6, 6.07) is 15.4. The third-order valence-corrected chi connectivity index (χ3v) is 4.17. The van der Waals surface area contributed by atoms with Crippen LogP contribution in [0.3, 0.4) is 0 Å². The Bertz CT molecular complexity index is 816. The summed E-state index contributed by atoms with van der Waals surface area (Å²) in [5.74, 6) is 0.926. The van der Waals surface area contributed by atoms with Crippen molar-refractivity contribution in [3.05, 3.63) is 64.6 Å². The normalized spacial score (nSPS) is 15.5. The van der Waals surface area contributed by atoms with Crippen molar-refractivity contribution >= 4 is 28.9 Å². The van der Waals surface area contributed by atoms with Gasteiger partial charge < -0.3 is 15.2 Å². The van der Waals surface area contributed by atoms with Crippen LogP contribution in [-0.2, 0) is 11.4 Å². The molecule has 24 heavy (non-hydrogen) atoms. The summed E-state index contributed by atoms with van der Waals surface area (Å²) in [6.45, 7) is 0.455. The van der Waals surface area contributed by atoms with Crippen molar-refractivity contribution in [3.8, 4) is 11.5 Å². The standard InChI is InChI=1S/C18H16N2O3S/c1-22-15-9-13(10-16-17(21)20-18(19)24-16)7-8-14(15)23-11-12-5-3-2-4-6-12/h2-10H,11H2,1H3,(H2,19,20,21)/b16-10-. The molecule has 0 spiro atoms. The zero-order valence-corrected chi connectivity index (χ0v) is 13.9. The molecule has 0 fully saturated rings. The Morgan fingerprint density at radius 2 is 1.96 bits per heavy atom. The number of aliphatic imine (C=N–C) groups is 1. The van der Waals surface area contributed by atoms with Crippen LogP contribution in [0.15, 0.2) is 58.4 Å². The van der Waals surface area contributed by atoms with E-state index < -0.39 is 0 Å². The van der Waals surface area contributed by atoms with Crippen LogP contribution in [0.2, 0.25) is 0 Å². The third-order valence-electron chi connectivity index (χ3n) is 3.36. The lowest BCUT2D eigenvalue weighted by molar-refractivity contribution is -0.113. The molecule has 2 aromatic rings. The molecule has 0 aliphatic carbocycles. The van der Waals surface area contributed by atoms with E-state index >= 15 is 0 Å². The summed E-state index contributed by atoms with van der Waals surface area (Å²) >= 11 is 1.16. The molecule has 0 saturated carbocycles. The number of carbonyl (C=O) groups is 1. The van der Waals surface area contributed by atoms with Gasteiger partial charge in [-0.05, 0) is 41.1 Å². The molecule has 3 rings (SSSR count). The second-order valence-electron chi connectivity index (χ2n) is 5.05. The summed E-state index contributed by atoms with van der Waals surface area (Å²) in [4.78, 5) is 15.8. The van der Waals surface area contributed by atoms with Crippen LogP contribution in [0.4, 0.5) is 0 Å². The van der Waals surface area contributed by atoms with Gasteiger partial charge in [-0.3, -0.25) is 4.79 Å². The Balaban J connectivity index is 1.76. The first-order valence-corrected chi connectivity index (χ1v) is 8.10. The van der Waals surface area contributed by atoms with Crippen LogP contribution in [0.25, 0.3) is 6.08 Å². The molecule has 1 aliphatic rings. The van der Waals surface area contributed by atoms with Gasteiger partial charge in [0.15, 0.2) is 16.7 Å². The van der Waals surface area contributed by atoms with Gasteiger partial charge >= 0.3 is 0 Å². The number of ether oxygens (including phenoxy) is 2. The molecular formula is C18H16N2O3S. The van der Waals surface area contributed by atoms with Gasteiger partial charge in [-0.15, -0.1) is 0 Å². The third kappa shape index (κ3) is 3.78. The highest BCUT2D eigenvalue weighted by atomic mass is 32.2. The summed E-state index contributed by atoms with van der Waals surface area (Å²) in [7, 11) is 1.58. The quantitative estimate of drug-likeness (QED) is 0.846. The molecule has 1 aliphatic heterocycles. The molecule has 0 radical (unpaired) electrons. The fourth-order valence-electron chi connectivity index (χ4n) is 2.21. The SMILES string of the molecule is COc1cc(/C=C2\SC(N)=NC2=O)ccc1OCc1ccccc1. The molecule has 0 atom stereocenters. The van der Waals surface area contributed by atoms with Gasteiger partial charge in [-0.1, -0.05) is 36.4 Å². The second kappa shape index (κ2) is 7.23. The lowest BCUT2D eigenvalue weighted by Gasteiger charge is -2.11. The average molecular weight is 340 g/mol. The molecule has 122 valence electrons. The van der Waals surface area contributed by atoms with Crippen molar-refractivity contribution < 1.29 is 14.3 Å². The minimum absolute atomic E-state index is 0.265. The van der Waals surface area contributed by atoms with Gasteiger partial charge in [0.1, 0.15) is 6.61 Å². The molecule has 2 N–H and O–H groups in total. The lowest BCUT2D eigenvalue weighted by Crippen LogP contribution is -2.01. The van der Waals surface area contributed by atoms with E-state index in [-0.39, 0.29) is 11.1 Å². The van der Waals surface area contributed by atoms with E-state index in [9.17, 15) is 4.79 Å². The highest BCUT2D eigenvalue weighted by Crippen LogP contribution is 2.32. The Hall–Kier alpha value is -2.73. The van der Waals surface area contributed by atoms with Crippen LogP contribution in [-0.4, -0.2) is 18.2 Å². The molecule has 1 heterocycles. The van der Waals surface area contributed by atoms with Crippen LogP contribution in [0.5, 0.6) is 11.5 Å². The number of hydrogen-bond acceptors (Lipinski definition) is 5. The molecule has 5 nitrogen and oxygen atoms in total. The zero-order valence-electron chi connectivity index (χ0n) is 13.1. The molecule has 0 saturated heterocycles. The van der Waals surface area contributed by atoms with Crippen molar-refractivity contribution in [1.29, 1.82) is 0 Å². The van der Waals surface area contributed by atoms with Crippen molar-refractivity contribution in [2.45, 2.75) is 6.61 Å². The first-order chi connectivity index (χ1) is 11.7. The molecule has 0 bridgehead atoms. The predicted molar refractivity (Wildman–Crippen MR) is 96.0 cm³/mol. The number of methoxy groups -OCH3 is 1. The highest BCUT2D eigenvalue weighted by Gasteiger charge is 2.19. The summed E-state index contributed by atoms with van der Waals surface area (Å²) < 4.78 is 11.2. The van der Waals surface area contributed by atoms with Crippen LogP contribution >= 0.6 is 11.8 Å². The van der Waals surface area contributed by atoms with Crippen molar-refractivity contribution in [1.82, 2.24) is 0 Å². The molecule has 0 aromatic heterocycles. The molecule has 6 heteroatoms. The van der Waals surface area contributed by atoms with Gasteiger partial charge in [-0.25, -0.2) is 0 Å². The minimum Gasteiger partial charge on any atom is -0.493 e. The highest BCUT2D eigenvalue weighted by molar-refractivity contribution is 8.18. The number of amidine groups is 1. The summed E-state index contributed by atoms with van der Waals surface area (Å²) in [6.07, 6.45) is 1.74. The average Bonchev–Trinajstić information content (AvgIpc) is 2.91. The van der Waals surface area contributed by atoms with Gasteiger partial charge in [-0.2, -0.15) is 4.99 Å². The smallest absolute Gasteiger partial charge is 0.286 e. The van der Waals surface area contributed by atoms with E-state index in [1.54, 1.807) is 13.2 Å². The maximum atomic E-state index is 11.7. The van der Waals surface area contributed by atoms with Crippen molar-refractivity contribution in [3.63, 3.8) is 0 Å². The Kier molecular flexibility index (Phi) is 4.86. The number of nitrogens with two attached hydrogens (primary N) is 1. The topological polar surface area (TPSA) is 73.9 Å². The lowest BCUT2D eigenvalue weighted by atomic mass is 10.2. The van der Waals surface area contributed by atoms with Crippen LogP contribution in [0.1, 0.15) is 11.1 Å². The van der Waals surface area contributed by atoms with Gasteiger partial charge in [0.2, 0.25) is 0 Å². The number of amides is 1. The Labute approximate surface area is 144 Å². The Morgan fingerprint density at radius 3 is 2.62 bits per heavy atom. The van der Waals surface area contributed by atoms with Crippen LogP contribution in [0, 0.1) is 0 Å². The van der Waals surface area contributed by atoms with Crippen molar-refractivity contribution in [2.24, 2.45) is 10.7 Å². The molecular weight excluding hydrogens is 324 g/mol. The predicted octanol–water partition coefficient (Wildman–Crippen LogP) is 3.20. The molecule has 1 amide bonds. The maximum absolute atomic E-state index is 11.7. The molecule has 2 aromatic carbocycles. The largest absolute Gasteiger partial charge is 0.493 e. The fraction of sp³-hybridized carbons (Fsp3) is 0.111. The monoisotopic (exact) mass is 340 g/mol. The minimum atomic E-state index is -0.319. The number of carbonyl (C=O) groups excluding carboxylic acids is 1. The van der Waals surface area contributed by atoms with E-state index in [1.807, 2.05) is 48.5 Å². The summed E-state index contributed by atoms with van der Waals surface area (Å²) in [5, 5.41) is 0.265. The number of nitrogens with zero attached hydrogens (tertiary/aromatic N) is 1. The van der Waals surface area contributed by atoms with Gasteiger partial charge in [0.25, 0.3) is 5.91 Å². The van der Waals surface area contributed by atoms with Gasteiger partial charge in [0, 0.05) is 0 Å². The molecule has 0 unspecified atom stereocenters. The zero-order chi connectivity index (χ0) is 16.9. The fourth-order valence-corrected chi connectivity index (χ4v) is 2.89. The maximum Gasteiger partial charge on any atom is 0.286 e. The Morgan fingerprint density at radius 1 is 1.17 bits per heavy atom. The first-order valence-electron chi connectivity index (χ1n) is 7.28. The van der Waals surface area contributed by atoms with E-state index in [0.29, 0.717) is 23.0 Å². The van der Waals surface area contributed by atoms with Crippen molar-refractivity contribution in [2.75, 3.05) is 7.11 Å². The number of hydrogen-bond donors (Lipinski definition) is 1. The second-order valence-corrected chi connectivity index (χ2v) is 6.11. The number of rotatable bonds is 5. The first kappa shape index (κ1) is 16.1. The van der Waals surface area contributed by atoms with E-state index in [2.05, 4.69) is 4.99 Å². The van der Waals surface area contributed by atoms with Crippen LogP contribution < -0.4 is 15.2 Å². The van der Waals surface area contributed by atoms with E-state index in [4.69, 9.17) is 15.2 Å². The van der Waals surface area contributed by atoms with E-state index in [0.717, 1.165) is 22.9 Å². The van der Waals surface area contributed by atoms with Gasteiger partial charge in [0.05, 0.1) is 12.0 Å². The summed E-state index contributed by atoms with van der Waals surface area (Å²) in [5.41, 5.74) is 7.45. The number of benzene rings is 2. The van der Waals surface area contributed by atoms with E-state index in [1.165, 1.54) is 0 Å². The number of thioether (sulfide) groups is 1.